The van der Waals surface area contributed by atoms with Gasteiger partial charge in [-0.2, -0.15) is 0 Å². The van der Waals surface area contributed by atoms with Gasteiger partial charge in [0.1, 0.15) is 0 Å². The van der Waals surface area contributed by atoms with Crippen molar-refractivity contribution in [2.75, 3.05) is 13.6 Å². The summed E-state index contributed by atoms with van der Waals surface area (Å²) in [5.41, 5.74) is 6.70. The van der Waals surface area contributed by atoms with Gasteiger partial charge in [-0.3, -0.25) is 9.69 Å². The molecule has 0 saturated carbocycles. The second-order valence-electron chi connectivity index (χ2n) is 3.84. The van der Waals surface area contributed by atoms with Gasteiger partial charge in [0, 0.05) is 6.54 Å². The number of nitrogens with two attached hydrogens (primary N) is 1. The fourth-order valence-electron chi connectivity index (χ4n) is 1.67. The maximum absolute atomic E-state index is 10.5. The molecule has 0 saturated heterocycles. The van der Waals surface area contributed by atoms with Crippen LogP contribution in [-0.4, -0.2) is 34.6 Å². The monoisotopic (exact) mass is 252 g/mol. The van der Waals surface area contributed by atoms with E-state index in [-0.39, 0.29) is 12.5 Å². The van der Waals surface area contributed by atoms with Crippen LogP contribution in [0, 0.1) is 0 Å². The summed E-state index contributed by atoms with van der Waals surface area (Å²) in [5.74, 6) is -0.827. The average Bonchev–Trinajstić information content (AvgIpc) is 2.27. The molecule has 0 fully saturated rings. The molecular weight excluding hydrogens is 236 g/mol. The Morgan fingerprint density at radius 2 is 2.06 bits per heavy atom. The van der Waals surface area contributed by atoms with Crippen LogP contribution in [0.5, 0.6) is 0 Å². The minimum atomic E-state index is -0.827. The Morgan fingerprint density at radius 1 is 1.47 bits per heavy atom. The fraction of sp³-hybridized carbons (Fsp3) is 0.333. The van der Waals surface area contributed by atoms with E-state index in [1.54, 1.807) is 0 Å². The topological polar surface area (TPSA) is 66.6 Å². The van der Waals surface area contributed by atoms with Crippen molar-refractivity contribution in [2.45, 2.75) is 12.5 Å². The molecule has 0 bridgehead atoms. The van der Waals surface area contributed by atoms with Crippen molar-refractivity contribution in [3.63, 3.8) is 0 Å². The van der Waals surface area contributed by atoms with E-state index < -0.39 is 5.97 Å². The minimum absolute atomic E-state index is 0.0719. The average molecular weight is 252 g/mol. The Bertz CT molecular complexity index is 395. The summed E-state index contributed by atoms with van der Waals surface area (Å²) in [5, 5.41) is 8.66. The summed E-state index contributed by atoms with van der Waals surface area (Å²) in [7, 11) is 1.82. The number of hydrogen-bond donors (Lipinski definition) is 2. The number of thiocarbonyl (C=S) groups is 1. The molecule has 0 heterocycles. The van der Waals surface area contributed by atoms with E-state index >= 15 is 0 Å². The molecule has 0 aliphatic rings. The van der Waals surface area contributed by atoms with Crippen molar-refractivity contribution in [3.8, 4) is 0 Å². The van der Waals surface area contributed by atoms with Crippen molar-refractivity contribution in [1.29, 1.82) is 0 Å². The molecule has 5 heteroatoms. The van der Waals surface area contributed by atoms with E-state index in [1.165, 1.54) is 0 Å². The highest BCUT2D eigenvalue weighted by molar-refractivity contribution is 7.80. The molecule has 1 atom stereocenters. The number of rotatable bonds is 6. The van der Waals surface area contributed by atoms with Crippen molar-refractivity contribution < 1.29 is 9.90 Å². The van der Waals surface area contributed by atoms with Crippen LogP contribution in [0.4, 0.5) is 0 Å². The summed E-state index contributed by atoms with van der Waals surface area (Å²) in [6.45, 7) is 0.409. The number of nitrogens with zero attached hydrogens (tertiary/aromatic N) is 1. The van der Waals surface area contributed by atoms with Crippen molar-refractivity contribution in [1.82, 2.24) is 4.90 Å². The third kappa shape index (κ3) is 4.13. The van der Waals surface area contributed by atoms with Gasteiger partial charge in [-0.15, -0.1) is 0 Å². The molecule has 92 valence electrons. The minimum Gasteiger partial charge on any atom is -0.481 e. The second kappa shape index (κ2) is 6.32. The van der Waals surface area contributed by atoms with Gasteiger partial charge in [0.2, 0.25) is 0 Å². The number of benzene rings is 1. The molecule has 1 rings (SSSR count). The number of aliphatic carboxylic acids is 1. The summed E-state index contributed by atoms with van der Waals surface area (Å²) in [4.78, 5) is 12.7. The molecule has 17 heavy (non-hydrogen) atoms. The molecule has 0 aromatic heterocycles. The van der Waals surface area contributed by atoms with Crippen molar-refractivity contribution in [3.05, 3.63) is 35.9 Å². The van der Waals surface area contributed by atoms with Crippen LogP contribution in [0.15, 0.2) is 30.3 Å². The van der Waals surface area contributed by atoms with Crippen LogP contribution < -0.4 is 5.73 Å². The van der Waals surface area contributed by atoms with Crippen LogP contribution >= 0.6 is 12.2 Å². The number of likely N-dealkylation sites (N-methyl/N-ethyl adjacent to an activating group) is 1. The highest BCUT2D eigenvalue weighted by Gasteiger charge is 2.19. The Labute approximate surface area is 106 Å². The molecule has 3 N–H and O–H groups in total. The standard InChI is InChI=1S/C12H16N2O2S/c1-14(8-7-10(15)16)11(12(13)17)9-5-3-2-4-6-9/h2-6,11H,7-8H2,1H3,(H2,13,17)(H,15,16). The predicted molar refractivity (Wildman–Crippen MR) is 70.9 cm³/mol. The lowest BCUT2D eigenvalue weighted by molar-refractivity contribution is -0.137. The van der Waals surface area contributed by atoms with Crippen molar-refractivity contribution >= 4 is 23.2 Å². The quantitative estimate of drug-likeness (QED) is 0.750. The Balaban J connectivity index is 2.79. The van der Waals surface area contributed by atoms with Crippen LogP contribution in [0.1, 0.15) is 18.0 Å². The highest BCUT2D eigenvalue weighted by Crippen LogP contribution is 2.19. The van der Waals surface area contributed by atoms with Gasteiger partial charge < -0.3 is 10.8 Å². The van der Waals surface area contributed by atoms with Crippen LogP contribution in [0.2, 0.25) is 0 Å². The zero-order valence-corrected chi connectivity index (χ0v) is 10.5. The lowest BCUT2D eigenvalue weighted by atomic mass is 10.1. The van der Waals surface area contributed by atoms with Gasteiger partial charge >= 0.3 is 5.97 Å². The highest BCUT2D eigenvalue weighted by atomic mass is 32.1. The lowest BCUT2D eigenvalue weighted by Gasteiger charge is -2.27. The maximum Gasteiger partial charge on any atom is 0.304 e. The Kier molecular flexibility index (Phi) is 5.06. The SMILES string of the molecule is CN(CCC(=O)O)C(C(N)=S)c1ccccc1. The first-order valence-corrected chi connectivity index (χ1v) is 5.69. The first-order valence-electron chi connectivity index (χ1n) is 5.28. The summed E-state index contributed by atoms with van der Waals surface area (Å²) in [6, 6.07) is 9.38. The van der Waals surface area contributed by atoms with Gasteiger partial charge in [-0.1, -0.05) is 42.5 Å². The molecule has 0 spiro atoms. The number of hydrogen-bond acceptors (Lipinski definition) is 3. The van der Waals surface area contributed by atoms with E-state index in [2.05, 4.69) is 0 Å². The molecule has 0 radical (unpaired) electrons. The summed E-state index contributed by atoms with van der Waals surface area (Å²) >= 11 is 5.04. The van der Waals surface area contributed by atoms with Gasteiger partial charge in [0.05, 0.1) is 17.5 Å². The van der Waals surface area contributed by atoms with Crippen molar-refractivity contribution in [2.24, 2.45) is 5.73 Å². The molecule has 1 unspecified atom stereocenters. The normalized spacial score (nSPS) is 12.4. The number of carboxylic acids is 1. The van der Waals surface area contributed by atoms with E-state index in [1.807, 2.05) is 42.3 Å². The predicted octanol–water partition coefficient (Wildman–Crippen LogP) is 1.42. The van der Waals surface area contributed by atoms with Gasteiger partial charge in [-0.05, 0) is 12.6 Å². The largest absolute Gasteiger partial charge is 0.481 e. The first-order chi connectivity index (χ1) is 8.02. The third-order valence-corrected chi connectivity index (χ3v) is 2.73. The van der Waals surface area contributed by atoms with Crippen LogP contribution in [0.3, 0.4) is 0 Å². The maximum atomic E-state index is 10.5. The molecule has 4 nitrogen and oxygen atoms in total. The fourth-order valence-corrected chi connectivity index (χ4v) is 1.99. The molecule has 1 aromatic carbocycles. The van der Waals surface area contributed by atoms with E-state index in [0.717, 1.165) is 5.56 Å². The molecule has 0 aliphatic heterocycles. The first kappa shape index (κ1) is 13.6. The Hall–Kier alpha value is -1.46. The molecule has 0 aliphatic carbocycles. The smallest absolute Gasteiger partial charge is 0.304 e. The van der Waals surface area contributed by atoms with Gasteiger partial charge in [0.25, 0.3) is 0 Å². The zero-order valence-electron chi connectivity index (χ0n) is 9.67. The van der Waals surface area contributed by atoms with E-state index in [4.69, 9.17) is 23.1 Å². The number of carbonyl (C=O) groups is 1. The Morgan fingerprint density at radius 3 is 2.53 bits per heavy atom. The third-order valence-electron chi connectivity index (χ3n) is 2.50. The van der Waals surface area contributed by atoms with E-state index in [9.17, 15) is 4.79 Å². The van der Waals surface area contributed by atoms with Gasteiger partial charge in [-0.25, -0.2) is 0 Å². The van der Waals surface area contributed by atoms with Gasteiger partial charge in [0.15, 0.2) is 0 Å². The summed E-state index contributed by atoms with van der Waals surface area (Å²) in [6.07, 6.45) is 0.0719. The second-order valence-corrected chi connectivity index (χ2v) is 4.31. The zero-order chi connectivity index (χ0) is 12.8. The number of carboxylic acid groups (broad SMARTS) is 1. The molecule has 0 amide bonds. The molecular formula is C12H16N2O2S. The lowest BCUT2D eigenvalue weighted by Crippen LogP contribution is -2.35. The van der Waals surface area contributed by atoms with Crippen LogP contribution in [-0.2, 0) is 4.79 Å². The summed E-state index contributed by atoms with van der Waals surface area (Å²) < 4.78 is 0. The van der Waals surface area contributed by atoms with E-state index in [0.29, 0.717) is 11.5 Å². The molecule has 1 aromatic rings. The van der Waals surface area contributed by atoms with Crippen LogP contribution in [0.25, 0.3) is 0 Å².